The molecule has 0 aliphatic rings. The molecule has 0 aliphatic carbocycles. The first-order valence-electron chi connectivity index (χ1n) is 3.05. The SMILES string of the molecule is C=C/C(C)=C(/CC)N=C. The molecular formula is C8H13N. The molecule has 0 aromatic rings. The molecule has 0 spiro atoms. The predicted octanol–water partition coefficient (Wildman–Crippen LogP) is 2.56. The fourth-order valence-electron chi connectivity index (χ4n) is 0.633. The highest BCUT2D eigenvalue weighted by molar-refractivity contribution is 5.32. The largest absolute Gasteiger partial charge is 0.269 e. The lowest BCUT2D eigenvalue weighted by molar-refractivity contribution is 1.05. The lowest BCUT2D eigenvalue weighted by Crippen LogP contribution is -1.78. The standard InChI is InChI=1S/C8H13N/c1-5-7(3)8(6-2)9-4/h5H,1,4,6H2,2-3H3/b8-7-. The van der Waals surface area contributed by atoms with Crippen LogP contribution in [0, 0.1) is 0 Å². The Hall–Kier alpha value is -0.850. The van der Waals surface area contributed by atoms with E-state index in [1.807, 2.05) is 6.92 Å². The summed E-state index contributed by atoms with van der Waals surface area (Å²) in [5.74, 6) is 0. The van der Waals surface area contributed by atoms with E-state index >= 15 is 0 Å². The number of rotatable bonds is 3. The van der Waals surface area contributed by atoms with Crippen LogP contribution in [-0.2, 0) is 0 Å². The van der Waals surface area contributed by atoms with E-state index in [1.54, 1.807) is 6.08 Å². The van der Waals surface area contributed by atoms with E-state index in [0.717, 1.165) is 17.7 Å². The summed E-state index contributed by atoms with van der Waals surface area (Å²) in [6.45, 7) is 11.1. The van der Waals surface area contributed by atoms with Gasteiger partial charge in [-0.25, -0.2) is 0 Å². The third-order valence-electron chi connectivity index (χ3n) is 1.29. The third-order valence-corrected chi connectivity index (χ3v) is 1.29. The Labute approximate surface area is 56.8 Å². The summed E-state index contributed by atoms with van der Waals surface area (Å²) < 4.78 is 0. The van der Waals surface area contributed by atoms with Crippen LogP contribution in [0.2, 0.25) is 0 Å². The number of hydrogen-bond donors (Lipinski definition) is 0. The van der Waals surface area contributed by atoms with Gasteiger partial charge in [0, 0.05) is 5.70 Å². The Bertz CT molecular complexity index is 143. The van der Waals surface area contributed by atoms with Crippen LogP contribution in [0.1, 0.15) is 20.3 Å². The summed E-state index contributed by atoms with van der Waals surface area (Å²) in [5, 5.41) is 0. The molecule has 0 fully saturated rings. The van der Waals surface area contributed by atoms with Crippen molar-refractivity contribution in [2.24, 2.45) is 4.99 Å². The number of hydrogen-bond acceptors (Lipinski definition) is 1. The Kier molecular flexibility index (Phi) is 3.69. The van der Waals surface area contributed by atoms with Crippen LogP contribution in [0.4, 0.5) is 0 Å². The van der Waals surface area contributed by atoms with Crippen LogP contribution in [-0.4, -0.2) is 6.72 Å². The summed E-state index contributed by atoms with van der Waals surface area (Å²) in [6, 6.07) is 0. The lowest BCUT2D eigenvalue weighted by Gasteiger charge is -1.97. The minimum absolute atomic E-state index is 0.932. The van der Waals surface area contributed by atoms with Gasteiger partial charge in [-0.15, -0.1) is 0 Å². The van der Waals surface area contributed by atoms with Gasteiger partial charge in [-0.2, -0.15) is 0 Å². The third kappa shape index (κ3) is 2.27. The van der Waals surface area contributed by atoms with Crippen LogP contribution in [0.25, 0.3) is 0 Å². The monoisotopic (exact) mass is 123 g/mol. The molecule has 0 rings (SSSR count). The van der Waals surface area contributed by atoms with E-state index in [1.165, 1.54) is 0 Å². The molecule has 0 saturated carbocycles. The van der Waals surface area contributed by atoms with Gasteiger partial charge in [-0.05, 0) is 25.6 Å². The normalized spacial score (nSPS) is 12.2. The molecule has 0 heterocycles. The second-order valence-corrected chi connectivity index (χ2v) is 1.85. The number of allylic oxidation sites excluding steroid dienone is 3. The van der Waals surface area contributed by atoms with Gasteiger partial charge in [0.25, 0.3) is 0 Å². The molecule has 0 N–H and O–H groups in total. The minimum Gasteiger partial charge on any atom is -0.269 e. The molecule has 0 unspecified atom stereocenters. The summed E-state index contributed by atoms with van der Waals surface area (Å²) in [7, 11) is 0. The van der Waals surface area contributed by atoms with E-state index in [-0.39, 0.29) is 0 Å². The van der Waals surface area contributed by atoms with Gasteiger partial charge in [0.2, 0.25) is 0 Å². The first-order valence-corrected chi connectivity index (χ1v) is 3.05. The molecule has 0 aromatic carbocycles. The second-order valence-electron chi connectivity index (χ2n) is 1.85. The minimum atomic E-state index is 0.932. The first kappa shape index (κ1) is 8.15. The summed E-state index contributed by atoms with van der Waals surface area (Å²) in [6.07, 6.45) is 2.73. The van der Waals surface area contributed by atoms with E-state index in [0.29, 0.717) is 0 Å². The van der Waals surface area contributed by atoms with Gasteiger partial charge in [-0.1, -0.05) is 19.6 Å². The van der Waals surface area contributed by atoms with Crippen molar-refractivity contribution in [1.29, 1.82) is 0 Å². The maximum atomic E-state index is 3.84. The van der Waals surface area contributed by atoms with Gasteiger partial charge >= 0.3 is 0 Å². The van der Waals surface area contributed by atoms with Crippen molar-refractivity contribution >= 4 is 6.72 Å². The summed E-state index contributed by atoms with van der Waals surface area (Å²) in [4.78, 5) is 3.84. The van der Waals surface area contributed by atoms with Crippen LogP contribution in [0.15, 0.2) is 28.9 Å². The quantitative estimate of drug-likeness (QED) is 0.404. The molecule has 0 atom stereocenters. The maximum absolute atomic E-state index is 3.84. The van der Waals surface area contributed by atoms with Gasteiger partial charge in [0.05, 0.1) is 0 Å². The van der Waals surface area contributed by atoms with E-state index in [9.17, 15) is 0 Å². The van der Waals surface area contributed by atoms with Crippen LogP contribution < -0.4 is 0 Å². The molecule has 9 heavy (non-hydrogen) atoms. The van der Waals surface area contributed by atoms with Gasteiger partial charge < -0.3 is 0 Å². The average Bonchev–Trinajstić information content (AvgIpc) is 1.90. The smallest absolute Gasteiger partial charge is 0.0422 e. The molecule has 0 saturated heterocycles. The fourth-order valence-corrected chi connectivity index (χ4v) is 0.633. The van der Waals surface area contributed by atoms with Crippen LogP contribution in [0.5, 0.6) is 0 Å². The molecular weight excluding hydrogens is 110 g/mol. The summed E-state index contributed by atoms with van der Waals surface area (Å²) in [5.41, 5.74) is 2.15. The van der Waals surface area contributed by atoms with Gasteiger partial charge in [-0.3, -0.25) is 4.99 Å². The zero-order valence-electron chi connectivity index (χ0n) is 6.15. The highest BCUT2D eigenvalue weighted by Crippen LogP contribution is 2.08. The number of aliphatic imine (C=N–C) groups is 1. The van der Waals surface area contributed by atoms with Crippen molar-refractivity contribution in [3.05, 3.63) is 23.9 Å². The highest BCUT2D eigenvalue weighted by atomic mass is 14.7. The Morgan fingerprint density at radius 3 is 2.33 bits per heavy atom. The summed E-state index contributed by atoms with van der Waals surface area (Å²) >= 11 is 0. The predicted molar refractivity (Wildman–Crippen MR) is 42.7 cm³/mol. The van der Waals surface area contributed by atoms with Crippen molar-refractivity contribution in [3.63, 3.8) is 0 Å². The zero-order chi connectivity index (χ0) is 7.28. The topological polar surface area (TPSA) is 12.4 Å². The highest BCUT2D eigenvalue weighted by Gasteiger charge is 1.90. The maximum Gasteiger partial charge on any atom is 0.0422 e. The molecule has 0 aliphatic heterocycles. The van der Waals surface area contributed by atoms with Crippen molar-refractivity contribution in [2.75, 3.05) is 0 Å². The van der Waals surface area contributed by atoms with Crippen molar-refractivity contribution < 1.29 is 0 Å². The van der Waals surface area contributed by atoms with Crippen molar-refractivity contribution in [3.8, 4) is 0 Å². The van der Waals surface area contributed by atoms with Gasteiger partial charge in [0.15, 0.2) is 0 Å². The van der Waals surface area contributed by atoms with E-state index < -0.39 is 0 Å². The zero-order valence-corrected chi connectivity index (χ0v) is 6.15. The Balaban J connectivity index is 4.36. The van der Waals surface area contributed by atoms with Crippen LogP contribution >= 0.6 is 0 Å². The second kappa shape index (κ2) is 4.07. The fraction of sp³-hybridized carbons (Fsp3) is 0.375. The molecule has 0 radical (unpaired) electrons. The Morgan fingerprint density at radius 1 is 1.67 bits per heavy atom. The molecule has 50 valence electrons. The van der Waals surface area contributed by atoms with E-state index in [2.05, 4.69) is 25.2 Å². The van der Waals surface area contributed by atoms with Crippen molar-refractivity contribution in [1.82, 2.24) is 0 Å². The van der Waals surface area contributed by atoms with E-state index in [4.69, 9.17) is 0 Å². The van der Waals surface area contributed by atoms with Crippen LogP contribution in [0.3, 0.4) is 0 Å². The first-order chi connectivity index (χ1) is 4.26. The van der Waals surface area contributed by atoms with Crippen molar-refractivity contribution in [2.45, 2.75) is 20.3 Å². The Morgan fingerprint density at radius 2 is 2.22 bits per heavy atom. The lowest BCUT2D eigenvalue weighted by atomic mass is 10.2. The molecule has 0 aromatic heterocycles. The number of nitrogens with zero attached hydrogens (tertiary/aromatic N) is 1. The van der Waals surface area contributed by atoms with Gasteiger partial charge in [0.1, 0.15) is 0 Å². The molecule has 1 nitrogen and oxygen atoms in total. The molecule has 0 amide bonds. The average molecular weight is 123 g/mol. The molecule has 0 bridgehead atoms. The molecule has 1 heteroatoms.